The van der Waals surface area contributed by atoms with Crippen LogP contribution in [-0.4, -0.2) is 69.1 Å². The number of rotatable bonds is 23. The van der Waals surface area contributed by atoms with Gasteiger partial charge in [-0.2, -0.15) is 0 Å². The van der Waals surface area contributed by atoms with Gasteiger partial charge in [-0.15, -0.1) is 0 Å². The van der Waals surface area contributed by atoms with Crippen LogP contribution in [0.4, 0.5) is 5.69 Å². The quantitative estimate of drug-likeness (QED) is 0.0158. The molecule has 0 saturated heterocycles. The summed E-state index contributed by atoms with van der Waals surface area (Å²) in [5, 5.41) is 4.51. The van der Waals surface area contributed by atoms with E-state index in [4.69, 9.17) is 28.4 Å². The number of nitrogens with one attached hydrogen (secondary N) is 1. The first-order valence-electron chi connectivity index (χ1n) is 38.7. The minimum absolute atomic E-state index is 0.0116. The lowest BCUT2D eigenvalue weighted by molar-refractivity contribution is -0.140. The Balaban J connectivity index is 1.16. The molecule has 2 unspecified atom stereocenters. The fourth-order valence-electron chi connectivity index (χ4n) is 14.8. The van der Waals surface area contributed by atoms with Crippen molar-refractivity contribution in [1.82, 2.24) is 9.80 Å². The first-order chi connectivity index (χ1) is 53.6. The third-order valence-electron chi connectivity index (χ3n) is 21.0. The highest BCUT2D eigenvalue weighted by Gasteiger charge is 2.48. The fraction of sp³-hybridized carbons (Fsp3) is 0.299. The molecule has 2 heterocycles. The average Bonchev–Trinajstić information content (AvgIpc) is 0.670. The number of anilines is 1. The van der Waals surface area contributed by atoms with Crippen LogP contribution >= 0.6 is 0 Å². The van der Waals surface area contributed by atoms with E-state index in [0.717, 1.165) is 32.1 Å². The zero-order valence-electron chi connectivity index (χ0n) is 68.1. The van der Waals surface area contributed by atoms with Gasteiger partial charge in [0.1, 0.15) is 69.6 Å². The smallest absolute Gasteiger partial charge is 0.334 e. The number of Topliss-reactive ketones (excluding diaryl/α,β-unsaturated/α-hetero) is 1. The monoisotopic (exact) mass is 1530 g/mol. The molecule has 2 atom stereocenters. The highest BCUT2D eigenvalue weighted by Crippen LogP contribution is 2.59. The lowest BCUT2D eigenvalue weighted by Gasteiger charge is -2.36. The van der Waals surface area contributed by atoms with Crippen molar-refractivity contribution in [3.8, 4) is 57.5 Å². The van der Waals surface area contributed by atoms with Gasteiger partial charge in [-0.1, -0.05) is 191 Å². The van der Waals surface area contributed by atoms with Crippen molar-refractivity contribution in [2.45, 2.75) is 178 Å². The van der Waals surface area contributed by atoms with Crippen LogP contribution in [-0.2, 0) is 47.3 Å². The molecule has 1 N–H and O–H groups in total. The third kappa shape index (κ3) is 15.9. The molecule has 17 heteroatoms. The molecule has 584 valence electrons. The third-order valence-corrected chi connectivity index (χ3v) is 21.0. The summed E-state index contributed by atoms with van der Waals surface area (Å²) in [5.74, 6) is -5.00. The number of ketones is 1. The Kier molecular flexibility index (Phi) is 21.3. The van der Waals surface area contributed by atoms with Crippen molar-refractivity contribution in [2.24, 2.45) is 11.8 Å². The number of hydrogen-bond donors (Lipinski definition) is 1. The summed E-state index contributed by atoms with van der Waals surface area (Å²) in [7, 11) is 0. The van der Waals surface area contributed by atoms with Crippen molar-refractivity contribution in [3.63, 3.8) is 0 Å². The van der Waals surface area contributed by atoms with E-state index in [1.165, 1.54) is 12.1 Å². The average molecular weight is 1530 g/mol. The number of imide groups is 2. The fourth-order valence-corrected chi connectivity index (χ4v) is 14.8. The molecule has 0 spiro atoms. The zero-order chi connectivity index (χ0) is 82.3. The summed E-state index contributed by atoms with van der Waals surface area (Å²) in [5.41, 5.74) is 4.03. The maximum Gasteiger partial charge on any atom is 0.334 e. The number of fused-ring (bicyclic) bond motifs is 2. The van der Waals surface area contributed by atoms with Gasteiger partial charge in [0.25, 0.3) is 29.5 Å². The van der Waals surface area contributed by atoms with Crippen LogP contribution in [0.15, 0.2) is 194 Å². The molecule has 0 radical (unpaired) electrons. The van der Waals surface area contributed by atoms with E-state index in [-0.39, 0.29) is 164 Å². The van der Waals surface area contributed by atoms with Gasteiger partial charge in [-0.3, -0.25) is 38.6 Å². The van der Waals surface area contributed by atoms with Crippen molar-refractivity contribution >= 4 is 96.0 Å². The largest absolute Gasteiger partial charge is 0.457 e. The van der Waals surface area contributed by atoms with Gasteiger partial charge in [0.15, 0.2) is 5.78 Å². The lowest BCUT2D eigenvalue weighted by atomic mass is 9.80. The van der Waals surface area contributed by atoms with Crippen molar-refractivity contribution in [3.05, 3.63) is 244 Å². The van der Waals surface area contributed by atoms with Crippen molar-refractivity contribution in [2.75, 3.05) is 5.32 Å². The number of carbonyl (C=O) groups excluding carboxylic acids is 8. The number of amides is 5. The predicted octanol–water partition coefficient (Wildman–Crippen LogP) is 22.5. The first kappa shape index (κ1) is 79.8. The minimum atomic E-state index is -1.56. The molecule has 17 nitrogen and oxygen atoms in total. The molecule has 114 heavy (non-hydrogen) atoms. The van der Waals surface area contributed by atoms with Gasteiger partial charge >= 0.3 is 11.9 Å². The molecule has 0 aromatic heterocycles. The number of nitrogens with zero attached hydrogens (tertiary/aromatic N) is 2. The van der Waals surface area contributed by atoms with E-state index in [1.54, 1.807) is 74.5 Å². The van der Waals surface area contributed by atoms with Crippen LogP contribution in [0.3, 0.4) is 0 Å². The Morgan fingerprint density at radius 3 is 0.947 bits per heavy atom. The summed E-state index contributed by atoms with van der Waals surface area (Å²) in [6.45, 7) is 43.3. The highest BCUT2D eigenvalue weighted by atomic mass is 16.5. The summed E-state index contributed by atoms with van der Waals surface area (Å²) < 4.78 is 41.9. The molecule has 2 aliphatic heterocycles. The molecule has 0 bridgehead atoms. The van der Waals surface area contributed by atoms with E-state index < -0.39 is 53.6 Å². The normalized spacial score (nSPS) is 13.8. The first-order valence-corrected chi connectivity index (χ1v) is 38.7. The molecule has 5 amide bonds. The van der Waals surface area contributed by atoms with E-state index >= 15 is 28.8 Å². The summed E-state index contributed by atoms with van der Waals surface area (Å²) in [6.07, 6.45) is -0.109. The molecule has 0 saturated carbocycles. The van der Waals surface area contributed by atoms with Gasteiger partial charge in [0.2, 0.25) is 0 Å². The van der Waals surface area contributed by atoms with Gasteiger partial charge < -0.3 is 33.7 Å². The Labute approximate surface area is 665 Å². The second-order valence-corrected chi connectivity index (χ2v) is 35.1. The molecule has 2 aliphatic rings. The molecular formula is C97H97N3O14. The van der Waals surface area contributed by atoms with Gasteiger partial charge in [0.05, 0.1) is 22.3 Å². The maximum atomic E-state index is 16.6. The number of hydrogen-bond acceptors (Lipinski definition) is 14. The molecular weight excluding hydrogens is 1430 g/mol. The summed E-state index contributed by atoms with van der Waals surface area (Å²) >= 11 is 0. The van der Waals surface area contributed by atoms with E-state index in [9.17, 15) is 9.59 Å². The van der Waals surface area contributed by atoms with Gasteiger partial charge in [-0.25, -0.2) is 9.59 Å². The van der Waals surface area contributed by atoms with Crippen LogP contribution in [0.1, 0.15) is 207 Å². The zero-order valence-corrected chi connectivity index (χ0v) is 68.1. The minimum Gasteiger partial charge on any atom is -0.457 e. The number of ether oxygens (including phenoxy) is 6. The van der Waals surface area contributed by atoms with E-state index in [1.807, 2.05) is 125 Å². The van der Waals surface area contributed by atoms with E-state index in [2.05, 4.69) is 102 Å². The van der Waals surface area contributed by atoms with E-state index in [0.29, 0.717) is 39.8 Å². The van der Waals surface area contributed by atoms with Crippen LogP contribution in [0, 0.1) is 11.8 Å². The van der Waals surface area contributed by atoms with Crippen molar-refractivity contribution < 1.29 is 66.8 Å². The van der Waals surface area contributed by atoms with Crippen LogP contribution < -0.4 is 33.7 Å². The topological polar surface area (TPSA) is 210 Å². The predicted molar refractivity (Wildman–Crippen MR) is 447 cm³/mol. The Hall–Kier alpha value is -12.2. The summed E-state index contributed by atoms with van der Waals surface area (Å²) in [6, 6.07) is 46.1. The number of carbonyl (C=O) groups is 8. The van der Waals surface area contributed by atoms with Crippen LogP contribution in [0.5, 0.6) is 57.5 Å². The summed E-state index contributed by atoms with van der Waals surface area (Å²) in [4.78, 5) is 125. The van der Waals surface area contributed by atoms with Crippen LogP contribution in [0.25, 0.3) is 43.1 Å². The highest BCUT2D eigenvalue weighted by molar-refractivity contribution is 6.45. The Morgan fingerprint density at radius 1 is 0.368 bits per heavy atom. The number of allylic oxidation sites excluding steroid dienone is 1. The van der Waals surface area contributed by atoms with Gasteiger partial charge in [0, 0.05) is 66.8 Å². The second-order valence-electron chi connectivity index (χ2n) is 35.1. The SMILES string of the molecule is C=C(C)C(=O)Cc1cccc(OC(=O)C(CC(C)C)N2C(=O)c3cc(Oc4ccc(C(C)(C)C)cc4)c4c5c(Oc6ccc(C(C)(C)C)cc6)cc6c7c(cc(Oc8ccc(C(C)(C)C)cc8)c(c8c(Oc9ccc(C(C)(C)C)cc9)cc(c3c48)C2=O)c75)C(=O)N(C(CC(C)C)C(=O)Oc2cccc(NC(=O)C(=C)C)c2)C6=O)c1. The Bertz CT molecular complexity index is 5180. The molecule has 0 aliphatic carbocycles. The lowest BCUT2D eigenvalue weighted by Crippen LogP contribution is -2.52. The van der Waals surface area contributed by atoms with Gasteiger partial charge in [-0.05, 0) is 191 Å². The maximum absolute atomic E-state index is 16.6. The molecule has 13 rings (SSSR count). The second kappa shape index (κ2) is 30.4. The molecule has 0 fully saturated rings. The number of esters is 2. The molecule has 11 aromatic carbocycles. The standard InChI is InChI=1S/C97H97N3O14/c1-52(2)43-72(92(107)113-66-25-21-23-56(45-66)46-74(101)54(5)6)99-88(103)68-48-75(109-62-35-27-57(28-36-62)94(9,10)11)81-83-77(111-64-39-31-59(32-40-64)96(15,16)17)50-70-80-71(91(106)100(90(70)105)73(44-53(3)4)93(108)114-67-26-22-24-61(47-67)98-87(102)55(7)8)51-78(112-65-41-33-60(34-42-65)97(18,19)20)84(86(80)83)82-76(49-69(89(99)104)79(68)85(81)82)110-63-37-29-58(30-38-63)95(12,13)14/h21-42,45,47-53,72-73H,5,7,43-44,46H2,1-4,6,8-20H3,(H,98,102). The van der Waals surface area contributed by atoms with Crippen LogP contribution in [0.2, 0.25) is 0 Å². The van der Waals surface area contributed by atoms with Crippen molar-refractivity contribution in [1.29, 1.82) is 0 Å². The molecule has 11 aromatic rings. The number of benzene rings is 11. The Morgan fingerprint density at radius 2 is 0.667 bits per heavy atom.